The molecule has 0 aliphatic carbocycles. The van der Waals surface area contributed by atoms with Gasteiger partial charge in [-0.25, -0.2) is 0 Å². The Bertz CT molecular complexity index is 1020. The lowest BCUT2D eigenvalue weighted by molar-refractivity contribution is -0.384. The third kappa shape index (κ3) is 4.47. The van der Waals surface area contributed by atoms with E-state index in [0.29, 0.717) is 18.2 Å². The van der Waals surface area contributed by atoms with E-state index < -0.39 is 11.0 Å². The summed E-state index contributed by atoms with van der Waals surface area (Å²) in [4.78, 5) is 16.2. The Kier molecular flexibility index (Phi) is 6.01. The molecule has 1 aromatic heterocycles. The van der Waals surface area contributed by atoms with Gasteiger partial charge in [0.15, 0.2) is 0 Å². The number of nitro benzene ring substituents is 1. The molecule has 1 aliphatic rings. The van der Waals surface area contributed by atoms with Crippen molar-refractivity contribution < 1.29 is 14.8 Å². The molecule has 2 aromatic carbocycles. The maximum atomic E-state index is 10.9. The first-order chi connectivity index (χ1) is 14.5. The topological polar surface area (TPSA) is 91.6 Å². The van der Waals surface area contributed by atoms with Crippen LogP contribution in [0.15, 0.2) is 48.5 Å². The minimum absolute atomic E-state index is 0.0170. The molecule has 158 valence electrons. The van der Waals surface area contributed by atoms with Crippen LogP contribution >= 0.6 is 0 Å². The second-order valence-electron chi connectivity index (χ2n) is 8.00. The number of fused-ring (bicyclic) bond motifs is 1. The van der Waals surface area contributed by atoms with Crippen molar-refractivity contribution in [2.24, 2.45) is 0 Å². The summed E-state index contributed by atoms with van der Waals surface area (Å²) in [6.45, 7) is 4.66. The summed E-state index contributed by atoms with van der Waals surface area (Å²) in [6, 6.07) is 14.5. The fraction of sp³-hybridized carbons (Fsp3) is 0.391. The first-order valence-corrected chi connectivity index (χ1v) is 10.4. The fourth-order valence-electron chi connectivity index (χ4n) is 4.46. The molecule has 7 heteroatoms. The van der Waals surface area contributed by atoms with Gasteiger partial charge in [0.2, 0.25) is 0 Å². The third-order valence-electron chi connectivity index (χ3n) is 5.88. The number of rotatable bonds is 7. The molecule has 30 heavy (non-hydrogen) atoms. The lowest BCUT2D eigenvalue weighted by Gasteiger charge is -2.33. The number of β-amino-alcohol motifs (C(OH)–C–C–N with tert-alkyl or cyclic N) is 1. The van der Waals surface area contributed by atoms with E-state index in [-0.39, 0.29) is 12.3 Å². The van der Waals surface area contributed by atoms with Crippen molar-refractivity contribution in [3.05, 3.63) is 69.9 Å². The predicted molar refractivity (Wildman–Crippen MR) is 116 cm³/mol. The van der Waals surface area contributed by atoms with Gasteiger partial charge in [0, 0.05) is 29.2 Å². The molecule has 7 nitrogen and oxygen atoms in total. The number of aliphatic hydroxyl groups excluding tert-OH is 1. The van der Waals surface area contributed by atoms with E-state index in [1.165, 1.54) is 34.3 Å². The Labute approximate surface area is 175 Å². The number of benzene rings is 2. The van der Waals surface area contributed by atoms with Crippen LogP contribution in [-0.2, 0) is 0 Å². The van der Waals surface area contributed by atoms with Crippen LogP contribution in [0.4, 0.5) is 5.69 Å². The highest BCUT2D eigenvalue weighted by molar-refractivity contribution is 5.85. The molecule has 0 saturated carbocycles. The van der Waals surface area contributed by atoms with E-state index in [9.17, 15) is 15.2 Å². The van der Waals surface area contributed by atoms with Gasteiger partial charge < -0.3 is 19.7 Å². The smallest absolute Gasteiger partial charge is 0.273 e. The van der Waals surface area contributed by atoms with Gasteiger partial charge in [0.05, 0.1) is 11.0 Å². The largest absolute Gasteiger partial charge is 0.491 e. The highest BCUT2D eigenvalue weighted by Crippen LogP contribution is 2.35. The van der Waals surface area contributed by atoms with Crippen molar-refractivity contribution in [1.29, 1.82) is 0 Å². The van der Waals surface area contributed by atoms with Gasteiger partial charge in [0.1, 0.15) is 18.5 Å². The summed E-state index contributed by atoms with van der Waals surface area (Å²) in [5, 5.41) is 22.5. The van der Waals surface area contributed by atoms with Gasteiger partial charge in [-0.1, -0.05) is 24.3 Å². The molecule has 0 spiro atoms. The van der Waals surface area contributed by atoms with Crippen LogP contribution in [0.3, 0.4) is 0 Å². The SMILES string of the molecule is Cc1[nH]c2ccccc2c1C1CCN(CC(O)COc2cccc([N+](=O)[O-])c2)CC1. The molecule has 4 rings (SSSR count). The van der Waals surface area contributed by atoms with Crippen LogP contribution in [0, 0.1) is 17.0 Å². The third-order valence-corrected chi connectivity index (χ3v) is 5.88. The zero-order chi connectivity index (χ0) is 21.1. The summed E-state index contributed by atoms with van der Waals surface area (Å²) in [5.74, 6) is 0.924. The second-order valence-corrected chi connectivity index (χ2v) is 8.00. The maximum Gasteiger partial charge on any atom is 0.273 e. The van der Waals surface area contributed by atoms with Gasteiger partial charge >= 0.3 is 0 Å². The summed E-state index contributed by atoms with van der Waals surface area (Å²) in [5.41, 5.74) is 3.86. The summed E-state index contributed by atoms with van der Waals surface area (Å²) in [6.07, 6.45) is 1.47. The Morgan fingerprint density at radius 2 is 2.00 bits per heavy atom. The normalized spacial score (nSPS) is 16.6. The van der Waals surface area contributed by atoms with E-state index in [4.69, 9.17) is 4.74 Å². The molecule has 1 atom stereocenters. The predicted octanol–water partition coefficient (Wildman–Crippen LogP) is 4.00. The maximum absolute atomic E-state index is 10.9. The van der Waals surface area contributed by atoms with Crippen molar-refractivity contribution >= 4 is 16.6 Å². The van der Waals surface area contributed by atoms with Crippen LogP contribution in [0.1, 0.15) is 30.0 Å². The van der Waals surface area contributed by atoms with Gasteiger partial charge in [-0.15, -0.1) is 0 Å². The van der Waals surface area contributed by atoms with Crippen LogP contribution in [-0.4, -0.2) is 52.3 Å². The van der Waals surface area contributed by atoms with E-state index >= 15 is 0 Å². The van der Waals surface area contributed by atoms with Crippen molar-refractivity contribution in [2.45, 2.75) is 31.8 Å². The molecule has 1 aliphatic heterocycles. The molecular weight excluding hydrogens is 382 g/mol. The highest BCUT2D eigenvalue weighted by Gasteiger charge is 2.25. The Morgan fingerprint density at radius 1 is 1.23 bits per heavy atom. The van der Waals surface area contributed by atoms with Crippen molar-refractivity contribution in [3.8, 4) is 5.75 Å². The number of likely N-dealkylation sites (tertiary alicyclic amines) is 1. The minimum Gasteiger partial charge on any atom is -0.491 e. The van der Waals surface area contributed by atoms with E-state index in [2.05, 4.69) is 41.1 Å². The number of nitro groups is 1. The number of nitrogens with zero attached hydrogens (tertiary/aromatic N) is 2. The van der Waals surface area contributed by atoms with Crippen molar-refractivity contribution in [3.63, 3.8) is 0 Å². The Balaban J connectivity index is 1.29. The average Bonchev–Trinajstić information content (AvgIpc) is 3.09. The number of hydrogen-bond acceptors (Lipinski definition) is 5. The number of ether oxygens (including phenoxy) is 1. The van der Waals surface area contributed by atoms with E-state index in [1.807, 2.05) is 0 Å². The van der Waals surface area contributed by atoms with Crippen molar-refractivity contribution in [2.75, 3.05) is 26.2 Å². The number of piperidine rings is 1. The molecule has 0 radical (unpaired) electrons. The quantitative estimate of drug-likeness (QED) is 0.455. The van der Waals surface area contributed by atoms with Crippen molar-refractivity contribution in [1.82, 2.24) is 9.88 Å². The van der Waals surface area contributed by atoms with Crippen LogP contribution in [0.25, 0.3) is 10.9 Å². The van der Waals surface area contributed by atoms with E-state index in [0.717, 1.165) is 25.9 Å². The monoisotopic (exact) mass is 409 g/mol. The molecule has 0 bridgehead atoms. The number of H-pyrrole nitrogens is 1. The second kappa shape index (κ2) is 8.85. The Hall–Kier alpha value is -2.90. The van der Waals surface area contributed by atoms with Crippen LogP contribution < -0.4 is 4.74 Å². The van der Waals surface area contributed by atoms with Gasteiger partial charge in [-0.05, 0) is 56.5 Å². The Morgan fingerprint density at radius 3 is 2.77 bits per heavy atom. The summed E-state index contributed by atoms with van der Waals surface area (Å²) < 4.78 is 5.56. The number of nitrogens with one attached hydrogen (secondary N) is 1. The highest BCUT2D eigenvalue weighted by atomic mass is 16.6. The first kappa shape index (κ1) is 20.4. The average molecular weight is 409 g/mol. The number of hydrogen-bond donors (Lipinski definition) is 2. The van der Waals surface area contributed by atoms with Crippen LogP contribution in [0.2, 0.25) is 0 Å². The fourth-order valence-corrected chi connectivity index (χ4v) is 4.46. The molecule has 1 unspecified atom stereocenters. The number of aliphatic hydroxyl groups is 1. The van der Waals surface area contributed by atoms with Gasteiger partial charge in [0.25, 0.3) is 5.69 Å². The summed E-state index contributed by atoms with van der Waals surface area (Å²) in [7, 11) is 0. The standard InChI is InChI=1S/C23H27N3O4/c1-16-23(21-7-2-3-8-22(21)24-16)17-9-11-25(12-10-17)14-19(27)15-30-20-6-4-5-18(13-20)26(28)29/h2-8,13,17,19,24,27H,9-12,14-15H2,1H3. The zero-order valence-electron chi connectivity index (χ0n) is 17.1. The molecule has 2 N–H and O–H groups in total. The molecule has 1 fully saturated rings. The van der Waals surface area contributed by atoms with Gasteiger partial charge in [-0.2, -0.15) is 0 Å². The molecular formula is C23H27N3O4. The number of aryl methyl sites for hydroxylation is 1. The van der Waals surface area contributed by atoms with E-state index in [1.54, 1.807) is 12.1 Å². The lowest BCUT2D eigenvalue weighted by atomic mass is 9.87. The zero-order valence-corrected chi connectivity index (χ0v) is 17.1. The number of para-hydroxylation sites is 1. The summed E-state index contributed by atoms with van der Waals surface area (Å²) >= 11 is 0. The molecule has 0 amide bonds. The molecule has 2 heterocycles. The van der Waals surface area contributed by atoms with Crippen LogP contribution in [0.5, 0.6) is 5.75 Å². The molecule has 1 saturated heterocycles. The number of aromatic amines is 1. The molecule has 3 aromatic rings. The number of non-ortho nitro benzene ring substituents is 1. The first-order valence-electron chi connectivity index (χ1n) is 10.4. The minimum atomic E-state index is -0.643. The van der Waals surface area contributed by atoms with Gasteiger partial charge in [-0.3, -0.25) is 10.1 Å². The lowest BCUT2D eigenvalue weighted by Crippen LogP contribution is -2.40. The number of aromatic nitrogens is 1.